The summed E-state index contributed by atoms with van der Waals surface area (Å²) in [5.41, 5.74) is 7.31. The number of nitrogen functional groups attached to an aromatic ring is 1. The second kappa shape index (κ2) is 5.22. The smallest absolute Gasteiger partial charge is 0.258 e. The van der Waals surface area contributed by atoms with Gasteiger partial charge in [0.2, 0.25) is 0 Å². The molecule has 4 nitrogen and oxygen atoms in total. The first-order valence-corrected chi connectivity index (χ1v) is 7.10. The second-order valence-corrected chi connectivity index (χ2v) is 5.53. The van der Waals surface area contributed by atoms with Crippen molar-refractivity contribution in [3.8, 4) is 0 Å². The Hall–Kier alpha value is -2.33. The number of anilines is 2. The van der Waals surface area contributed by atoms with Gasteiger partial charge in [0.25, 0.3) is 5.91 Å². The molecule has 108 valence electrons. The predicted octanol–water partition coefficient (Wildman–Crippen LogP) is 2.87. The van der Waals surface area contributed by atoms with E-state index in [0.717, 1.165) is 28.9 Å². The molecule has 1 heterocycles. The van der Waals surface area contributed by atoms with E-state index in [1.54, 1.807) is 0 Å². The summed E-state index contributed by atoms with van der Waals surface area (Å²) in [6.07, 6.45) is 0.906. The first kappa shape index (κ1) is 13.6. The molecule has 0 saturated carbocycles. The number of nitrogens with zero attached hydrogens (tertiary/aromatic N) is 1. The minimum Gasteiger partial charge on any atom is -0.324 e. The van der Waals surface area contributed by atoms with E-state index in [-0.39, 0.29) is 11.9 Å². The van der Waals surface area contributed by atoms with Crippen LogP contribution in [-0.4, -0.2) is 11.9 Å². The van der Waals surface area contributed by atoms with Gasteiger partial charge in [-0.25, -0.2) is 0 Å². The SMILES string of the molecule is Cc1cc(NN)ccc1C(=O)N1c2ccccc2CC1C. The molecule has 1 unspecified atom stereocenters. The highest BCUT2D eigenvalue weighted by molar-refractivity contribution is 6.08. The lowest BCUT2D eigenvalue weighted by Gasteiger charge is -2.23. The summed E-state index contributed by atoms with van der Waals surface area (Å²) in [4.78, 5) is 14.8. The highest BCUT2D eigenvalue weighted by Gasteiger charge is 2.31. The topological polar surface area (TPSA) is 58.4 Å². The van der Waals surface area contributed by atoms with Gasteiger partial charge < -0.3 is 10.3 Å². The molecule has 1 aliphatic heterocycles. The Bertz CT molecular complexity index is 696. The van der Waals surface area contributed by atoms with Crippen molar-refractivity contribution in [1.29, 1.82) is 0 Å². The molecular formula is C17H19N3O. The summed E-state index contributed by atoms with van der Waals surface area (Å²) in [5.74, 6) is 5.46. The van der Waals surface area contributed by atoms with Crippen molar-refractivity contribution < 1.29 is 4.79 Å². The number of nitrogens with two attached hydrogens (primary N) is 1. The van der Waals surface area contributed by atoms with Crippen molar-refractivity contribution in [3.63, 3.8) is 0 Å². The summed E-state index contributed by atoms with van der Waals surface area (Å²) in [7, 11) is 0. The number of fused-ring (bicyclic) bond motifs is 1. The number of carbonyl (C=O) groups is 1. The van der Waals surface area contributed by atoms with Crippen LogP contribution in [0.25, 0.3) is 0 Å². The van der Waals surface area contributed by atoms with Gasteiger partial charge in [-0.05, 0) is 55.7 Å². The minimum absolute atomic E-state index is 0.0496. The molecule has 1 amide bonds. The first-order valence-electron chi connectivity index (χ1n) is 7.10. The molecule has 3 rings (SSSR count). The number of aryl methyl sites for hydroxylation is 1. The van der Waals surface area contributed by atoms with E-state index in [1.807, 2.05) is 48.2 Å². The monoisotopic (exact) mass is 281 g/mol. The lowest BCUT2D eigenvalue weighted by molar-refractivity contribution is 0.0981. The molecule has 1 atom stereocenters. The number of para-hydroxylation sites is 1. The van der Waals surface area contributed by atoms with Gasteiger partial charge in [-0.2, -0.15) is 0 Å². The van der Waals surface area contributed by atoms with Crippen molar-refractivity contribution in [1.82, 2.24) is 0 Å². The van der Waals surface area contributed by atoms with Gasteiger partial charge in [0.1, 0.15) is 0 Å². The van der Waals surface area contributed by atoms with E-state index < -0.39 is 0 Å². The molecule has 3 N–H and O–H groups in total. The highest BCUT2D eigenvalue weighted by Crippen LogP contribution is 2.33. The van der Waals surface area contributed by atoms with Gasteiger partial charge in [0.05, 0.1) is 0 Å². The minimum atomic E-state index is 0.0496. The van der Waals surface area contributed by atoms with Gasteiger partial charge in [0, 0.05) is 23.0 Å². The summed E-state index contributed by atoms with van der Waals surface area (Å²) in [5, 5.41) is 0. The van der Waals surface area contributed by atoms with E-state index in [4.69, 9.17) is 5.84 Å². The predicted molar refractivity (Wildman–Crippen MR) is 85.4 cm³/mol. The lowest BCUT2D eigenvalue weighted by Crippen LogP contribution is -2.36. The van der Waals surface area contributed by atoms with E-state index in [9.17, 15) is 4.79 Å². The van der Waals surface area contributed by atoms with Crippen LogP contribution >= 0.6 is 0 Å². The van der Waals surface area contributed by atoms with Crippen LogP contribution in [0.1, 0.15) is 28.4 Å². The van der Waals surface area contributed by atoms with Crippen LogP contribution in [0.5, 0.6) is 0 Å². The Morgan fingerprint density at radius 2 is 2.05 bits per heavy atom. The zero-order valence-electron chi connectivity index (χ0n) is 12.3. The third-order valence-corrected chi connectivity index (χ3v) is 4.05. The molecule has 0 bridgehead atoms. The Labute approximate surface area is 124 Å². The fourth-order valence-electron chi connectivity index (χ4n) is 3.00. The zero-order valence-corrected chi connectivity index (χ0v) is 12.3. The fraction of sp³-hybridized carbons (Fsp3) is 0.235. The molecule has 2 aromatic rings. The van der Waals surface area contributed by atoms with Crippen molar-refractivity contribution in [2.24, 2.45) is 5.84 Å². The Balaban J connectivity index is 1.99. The average Bonchev–Trinajstić information content (AvgIpc) is 2.82. The van der Waals surface area contributed by atoms with Gasteiger partial charge >= 0.3 is 0 Å². The van der Waals surface area contributed by atoms with Gasteiger partial charge in [-0.15, -0.1) is 0 Å². The molecule has 4 heteroatoms. The maximum Gasteiger partial charge on any atom is 0.258 e. The first-order chi connectivity index (χ1) is 10.1. The molecular weight excluding hydrogens is 262 g/mol. The van der Waals surface area contributed by atoms with E-state index >= 15 is 0 Å². The number of carbonyl (C=O) groups excluding carboxylic acids is 1. The van der Waals surface area contributed by atoms with E-state index in [2.05, 4.69) is 18.4 Å². The third kappa shape index (κ3) is 2.28. The summed E-state index contributed by atoms with van der Waals surface area (Å²) in [6.45, 7) is 4.02. The number of rotatable bonds is 2. The molecule has 0 fully saturated rings. The van der Waals surface area contributed by atoms with Crippen molar-refractivity contribution in [2.45, 2.75) is 26.3 Å². The number of hydrogen-bond acceptors (Lipinski definition) is 3. The Morgan fingerprint density at radius 1 is 1.29 bits per heavy atom. The summed E-state index contributed by atoms with van der Waals surface area (Å²) >= 11 is 0. The molecule has 21 heavy (non-hydrogen) atoms. The van der Waals surface area contributed by atoms with Crippen LogP contribution in [0.3, 0.4) is 0 Å². The molecule has 0 aliphatic carbocycles. The number of benzene rings is 2. The molecule has 0 spiro atoms. The van der Waals surface area contributed by atoms with Crippen LogP contribution in [0.15, 0.2) is 42.5 Å². The maximum absolute atomic E-state index is 12.9. The highest BCUT2D eigenvalue weighted by atomic mass is 16.2. The lowest BCUT2D eigenvalue weighted by atomic mass is 10.1. The number of amides is 1. The Morgan fingerprint density at radius 3 is 2.76 bits per heavy atom. The molecule has 2 aromatic carbocycles. The maximum atomic E-state index is 12.9. The van der Waals surface area contributed by atoms with Crippen molar-refractivity contribution in [3.05, 3.63) is 59.2 Å². The quantitative estimate of drug-likeness (QED) is 0.657. The molecule has 1 aliphatic rings. The van der Waals surface area contributed by atoms with Gasteiger partial charge in [0.15, 0.2) is 0 Å². The number of nitrogens with one attached hydrogen (secondary N) is 1. The van der Waals surface area contributed by atoms with Crippen LogP contribution in [0.4, 0.5) is 11.4 Å². The normalized spacial score (nSPS) is 16.7. The van der Waals surface area contributed by atoms with E-state index in [0.29, 0.717) is 0 Å². The van der Waals surface area contributed by atoms with Crippen molar-refractivity contribution >= 4 is 17.3 Å². The van der Waals surface area contributed by atoms with Crippen LogP contribution < -0.4 is 16.2 Å². The summed E-state index contributed by atoms with van der Waals surface area (Å²) in [6, 6.07) is 13.8. The average molecular weight is 281 g/mol. The molecule has 0 aromatic heterocycles. The second-order valence-electron chi connectivity index (χ2n) is 5.53. The number of hydrazine groups is 1. The standard InChI is InChI=1S/C17H19N3O/c1-11-9-14(19-18)7-8-15(11)17(21)20-12(2)10-13-5-3-4-6-16(13)20/h3-9,12,19H,10,18H2,1-2H3. The fourth-order valence-corrected chi connectivity index (χ4v) is 3.00. The van der Waals surface area contributed by atoms with Gasteiger partial charge in [-0.3, -0.25) is 10.6 Å². The largest absolute Gasteiger partial charge is 0.324 e. The van der Waals surface area contributed by atoms with Crippen LogP contribution in [0, 0.1) is 6.92 Å². The van der Waals surface area contributed by atoms with Crippen LogP contribution in [0.2, 0.25) is 0 Å². The Kier molecular flexibility index (Phi) is 3.39. The zero-order chi connectivity index (χ0) is 15.0. The third-order valence-electron chi connectivity index (χ3n) is 4.05. The van der Waals surface area contributed by atoms with Crippen molar-refractivity contribution in [2.75, 3.05) is 10.3 Å². The molecule has 0 radical (unpaired) electrons. The summed E-state index contributed by atoms with van der Waals surface area (Å²) < 4.78 is 0. The van der Waals surface area contributed by atoms with E-state index in [1.165, 1.54) is 5.56 Å². The van der Waals surface area contributed by atoms with Gasteiger partial charge in [-0.1, -0.05) is 18.2 Å². The van der Waals surface area contributed by atoms with Crippen LogP contribution in [-0.2, 0) is 6.42 Å². The molecule has 0 saturated heterocycles. The number of hydrogen-bond donors (Lipinski definition) is 2.